The van der Waals surface area contributed by atoms with Gasteiger partial charge in [0.1, 0.15) is 24.4 Å². The zero-order chi connectivity index (χ0) is 24.8. The molecule has 5 heterocycles. The number of β-amino-alcohol motifs (C(OH)–C–C–N with tert-alkyl or cyclic N) is 1. The lowest BCUT2D eigenvalue weighted by Crippen LogP contribution is -2.56. The summed E-state index contributed by atoms with van der Waals surface area (Å²) in [5.41, 5.74) is 0.698. The molecule has 11 heteroatoms. The summed E-state index contributed by atoms with van der Waals surface area (Å²) in [6.07, 6.45) is -0.942. The van der Waals surface area contributed by atoms with Gasteiger partial charge in [-0.25, -0.2) is 0 Å². The molecule has 0 radical (unpaired) electrons. The fraction of sp³-hybridized carbons (Fsp3) is 0.792. The highest BCUT2D eigenvalue weighted by atomic mass is 35.5. The molecule has 0 aliphatic carbocycles. The van der Waals surface area contributed by atoms with Gasteiger partial charge >= 0.3 is 0 Å². The van der Waals surface area contributed by atoms with Crippen molar-refractivity contribution in [1.29, 1.82) is 0 Å². The van der Waals surface area contributed by atoms with E-state index in [1.165, 1.54) is 0 Å². The van der Waals surface area contributed by atoms with Gasteiger partial charge in [-0.15, -0.1) is 11.6 Å². The first kappa shape index (κ1) is 25.7. The smallest absolute Gasteiger partial charge is 0.190 e. The fourth-order valence-electron chi connectivity index (χ4n) is 5.29. The van der Waals surface area contributed by atoms with Crippen LogP contribution in [0.5, 0.6) is 0 Å². The number of halogens is 1. The molecule has 8 atom stereocenters. The third-order valence-corrected chi connectivity index (χ3v) is 6.86. The second-order valence-electron chi connectivity index (χ2n) is 10.6. The number of pyridine rings is 1. The van der Waals surface area contributed by atoms with Crippen LogP contribution in [0, 0.1) is 0 Å². The predicted octanol–water partition coefficient (Wildman–Crippen LogP) is 1.37. The highest BCUT2D eigenvalue weighted by Crippen LogP contribution is 2.44. The SMILES string of the molecule is CC1(C)O[C@H]2OC(COCC(O)CN3CC(Cl)NC(c4ccccn4)C3)[C@@H]3OC(C)(C)O[C@@H]3[C@H]2O1. The number of alkyl halides is 1. The van der Waals surface area contributed by atoms with Crippen LogP contribution in [-0.4, -0.2) is 102 Å². The summed E-state index contributed by atoms with van der Waals surface area (Å²) >= 11 is 6.43. The van der Waals surface area contributed by atoms with E-state index in [1.54, 1.807) is 6.20 Å². The molecule has 196 valence electrons. The predicted molar refractivity (Wildman–Crippen MR) is 126 cm³/mol. The second kappa shape index (κ2) is 10.1. The van der Waals surface area contributed by atoms with Crippen LogP contribution in [0.3, 0.4) is 0 Å². The summed E-state index contributed by atoms with van der Waals surface area (Å²) in [4.78, 5) is 6.56. The van der Waals surface area contributed by atoms with Crippen LogP contribution >= 0.6 is 11.6 Å². The molecule has 4 unspecified atom stereocenters. The minimum Gasteiger partial charge on any atom is -0.389 e. The summed E-state index contributed by atoms with van der Waals surface area (Å²) in [6, 6.07) is 5.82. The number of hydrogen-bond donors (Lipinski definition) is 2. The fourth-order valence-corrected chi connectivity index (χ4v) is 5.64. The number of nitrogens with zero attached hydrogens (tertiary/aromatic N) is 2. The van der Waals surface area contributed by atoms with Crippen molar-refractivity contribution in [2.24, 2.45) is 0 Å². The molecule has 4 aliphatic rings. The van der Waals surface area contributed by atoms with Gasteiger partial charge < -0.3 is 33.5 Å². The Morgan fingerprint density at radius 3 is 2.63 bits per heavy atom. The van der Waals surface area contributed by atoms with Gasteiger partial charge in [-0.3, -0.25) is 15.2 Å². The zero-order valence-electron chi connectivity index (χ0n) is 20.6. The number of rotatable bonds is 7. The quantitative estimate of drug-likeness (QED) is 0.410. The number of hydrogen-bond acceptors (Lipinski definition) is 10. The summed E-state index contributed by atoms with van der Waals surface area (Å²) < 4.78 is 36.3. The number of aliphatic hydroxyl groups excluding tert-OH is 1. The van der Waals surface area contributed by atoms with Gasteiger partial charge in [-0.2, -0.15) is 0 Å². The Balaban J connectivity index is 1.13. The first-order valence-electron chi connectivity index (χ1n) is 12.2. The topological polar surface area (TPSA) is 104 Å². The van der Waals surface area contributed by atoms with Gasteiger partial charge in [0.15, 0.2) is 17.9 Å². The third kappa shape index (κ3) is 5.98. The number of aliphatic hydroxyl groups is 1. The summed E-state index contributed by atoms with van der Waals surface area (Å²) in [6.45, 7) is 9.60. The van der Waals surface area contributed by atoms with Crippen molar-refractivity contribution >= 4 is 11.6 Å². The van der Waals surface area contributed by atoms with E-state index < -0.39 is 30.1 Å². The van der Waals surface area contributed by atoms with E-state index in [1.807, 2.05) is 45.9 Å². The molecule has 4 fully saturated rings. The maximum Gasteiger partial charge on any atom is 0.190 e. The van der Waals surface area contributed by atoms with E-state index in [2.05, 4.69) is 15.2 Å². The molecule has 0 spiro atoms. The summed E-state index contributed by atoms with van der Waals surface area (Å²) in [5, 5.41) is 14.0. The van der Waals surface area contributed by atoms with E-state index >= 15 is 0 Å². The molecule has 5 rings (SSSR count). The van der Waals surface area contributed by atoms with Crippen LogP contribution in [-0.2, 0) is 28.4 Å². The van der Waals surface area contributed by atoms with Crippen LogP contribution in [0.2, 0.25) is 0 Å². The molecule has 0 aromatic carbocycles. The molecular formula is C24H36ClN3O7. The first-order valence-corrected chi connectivity index (χ1v) is 12.7. The Morgan fingerprint density at radius 1 is 1.11 bits per heavy atom. The second-order valence-corrected chi connectivity index (χ2v) is 11.1. The Kier molecular flexibility index (Phi) is 7.42. The van der Waals surface area contributed by atoms with Crippen molar-refractivity contribution < 1.29 is 33.5 Å². The maximum atomic E-state index is 10.7. The van der Waals surface area contributed by atoms with Crippen molar-refractivity contribution in [3.63, 3.8) is 0 Å². The molecule has 4 aliphatic heterocycles. The van der Waals surface area contributed by atoms with Crippen molar-refractivity contribution in [3.8, 4) is 0 Å². The Hall–Kier alpha value is -0.920. The number of ether oxygens (including phenoxy) is 6. The monoisotopic (exact) mass is 513 g/mol. The van der Waals surface area contributed by atoms with E-state index in [0.717, 1.165) is 5.69 Å². The minimum atomic E-state index is -0.765. The van der Waals surface area contributed by atoms with Gasteiger partial charge in [-0.05, 0) is 39.8 Å². The standard InChI is InChI=1S/C24H36ClN3O7/c1-23(2)32-19-17(31-22-21(20(19)33-23)34-24(3,4)35-22)13-30-12-14(29)9-28-10-16(27-18(25)11-28)15-7-5-6-8-26-15/h5-8,14,16-22,27,29H,9-13H2,1-4H3/t14?,16?,17?,18?,19-,20-,21+,22+/m0/s1. The third-order valence-electron chi connectivity index (χ3n) is 6.60. The van der Waals surface area contributed by atoms with Gasteiger partial charge in [0.05, 0.1) is 36.6 Å². The van der Waals surface area contributed by atoms with Gasteiger partial charge in [-0.1, -0.05) is 6.07 Å². The lowest BCUT2D eigenvalue weighted by molar-refractivity contribution is -0.244. The van der Waals surface area contributed by atoms with Crippen LogP contribution in [0.4, 0.5) is 0 Å². The number of nitrogens with one attached hydrogen (secondary N) is 1. The molecule has 0 bridgehead atoms. The summed E-state index contributed by atoms with van der Waals surface area (Å²) in [7, 11) is 0. The molecule has 1 aromatic rings. The van der Waals surface area contributed by atoms with E-state index in [4.69, 9.17) is 40.0 Å². The molecule has 2 N–H and O–H groups in total. The van der Waals surface area contributed by atoms with Crippen molar-refractivity contribution in [3.05, 3.63) is 30.1 Å². The highest BCUT2D eigenvalue weighted by Gasteiger charge is 2.60. The molecule has 35 heavy (non-hydrogen) atoms. The largest absolute Gasteiger partial charge is 0.389 e. The van der Waals surface area contributed by atoms with Crippen molar-refractivity contribution in [2.75, 3.05) is 32.8 Å². The number of fused-ring (bicyclic) bond motifs is 3. The molecule has 0 amide bonds. The average Bonchev–Trinajstić information content (AvgIpc) is 3.28. The van der Waals surface area contributed by atoms with E-state index in [-0.39, 0.29) is 43.1 Å². The Bertz CT molecular complexity index is 863. The lowest BCUT2D eigenvalue weighted by Gasteiger charge is -2.38. The molecule has 0 saturated carbocycles. The van der Waals surface area contributed by atoms with Crippen LogP contribution in [0.1, 0.15) is 39.4 Å². The maximum absolute atomic E-state index is 10.7. The number of aromatic nitrogens is 1. The zero-order valence-corrected chi connectivity index (χ0v) is 21.4. The highest BCUT2D eigenvalue weighted by molar-refractivity contribution is 6.20. The van der Waals surface area contributed by atoms with E-state index in [0.29, 0.717) is 19.6 Å². The molecule has 1 aromatic heterocycles. The normalized spacial score (nSPS) is 39.2. The lowest BCUT2D eigenvalue weighted by atomic mass is 9.99. The van der Waals surface area contributed by atoms with E-state index in [9.17, 15) is 5.11 Å². The molecular weight excluding hydrogens is 478 g/mol. The van der Waals surface area contributed by atoms with Crippen LogP contribution < -0.4 is 5.32 Å². The van der Waals surface area contributed by atoms with Crippen LogP contribution in [0.25, 0.3) is 0 Å². The van der Waals surface area contributed by atoms with Gasteiger partial charge in [0.2, 0.25) is 0 Å². The Labute approximate surface area is 211 Å². The number of piperazine rings is 1. The Morgan fingerprint density at radius 2 is 1.86 bits per heavy atom. The molecule has 10 nitrogen and oxygen atoms in total. The van der Waals surface area contributed by atoms with Gasteiger partial charge in [0.25, 0.3) is 0 Å². The van der Waals surface area contributed by atoms with Crippen molar-refractivity contribution in [1.82, 2.24) is 15.2 Å². The van der Waals surface area contributed by atoms with Crippen LogP contribution in [0.15, 0.2) is 24.4 Å². The van der Waals surface area contributed by atoms with Crippen molar-refractivity contribution in [2.45, 2.75) is 87.6 Å². The summed E-state index contributed by atoms with van der Waals surface area (Å²) in [5.74, 6) is -1.52. The van der Waals surface area contributed by atoms with Gasteiger partial charge in [0, 0.05) is 25.8 Å². The molecule has 4 saturated heterocycles. The first-order chi connectivity index (χ1) is 16.6. The minimum absolute atomic E-state index is 0.00170. The average molecular weight is 514 g/mol.